The molecule has 2 heterocycles. The third-order valence-corrected chi connectivity index (χ3v) is 6.18. The second-order valence-corrected chi connectivity index (χ2v) is 8.59. The normalized spacial score (nSPS) is 23.3. The van der Waals surface area contributed by atoms with Crippen molar-refractivity contribution in [1.82, 2.24) is 9.21 Å². The van der Waals surface area contributed by atoms with Gasteiger partial charge in [-0.3, -0.25) is 4.79 Å². The van der Waals surface area contributed by atoms with E-state index in [2.05, 4.69) is 17.0 Å². The molecule has 2 aliphatic rings. The van der Waals surface area contributed by atoms with Gasteiger partial charge in [0.25, 0.3) is 0 Å². The Labute approximate surface area is 144 Å². The van der Waals surface area contributed by atoms with Crippen molar-refractivity contribution in [2.45, 2.75) is 12.8 Å². The highest BCUT2D eigenvalue weighted by Crippen LogP contribution is 2.22. The van der Waals surface area contributed by atoms with Gasteiger partial charge in [-0.2, -0.15) is 0 Å². The number of hydrogen-bond acceptors (Lipinski definition) is 4. The van der Waals surface area contributed by atoms with Crippen LogP contribution in [0.2, 0.25) is 0 Å². The fourth-order valence-corrected chi connectivity index (χ4v) is 4.44. The molecule has 0 aliphatic carbocycles. The van der Waals surface area contributed by atoms with Crippen molar-refractivity contribution in [2.24, 2.45) is 5.92 Å². The van der Waals surface area contributed by atoms with E-state index in [1.54, 1.807) is 0 Å². The number of piperazine rings is 1. The van der Waals surface area contributed by atoms with Gasteiger partial charge in [-0.25, -0.2) is 12.7 Å². The summed E-state index contributed by atoms with van der Waals surface area (Å²) in [5.41, 5.74) is 1.19. The van der Waals surface area contributed by atoms with Gasteiger partial charge in [-0.15, -0.1) is 0 Å². The number of piperidine rings is 1. The van der Waals surface area contributed by atoms with E-state index in [4.69, 9.17) is 0 Å². The second-order valence-electron chi connectivity index (χ2n) is 6.61. The summed E-state index contributed by atoms with van der Waals surface area (Å²) in [6.07, 6.45) is 2.76. The van der Waals surface area contributed by atoms with Crippen LogP contribution in [0.25, 0.3) is 0 Å². The van der Waals surface area contributed by atoms with Crippen LogP contribution in [-0.4, -0.2) is 69.1 Å². The molecule has 0 N–H and O–H groups in total. The van der Waals surface area contributed by atoms with Crippen LogP contribution in [0.3, 0.4) is 0 Å². The van der Waals surface area contributed by atoms with Crippen LogP contribution in [0.5, 0.6) is 0 Å². The van der Waals surface area contributed by atoms with E-state index in [0.717, 1.165) is 25.9 Å². The van der Waals surface area contributed by atoms with Crippen molar-refractivity contribution in [3.05, 3.63) is 30.3 Å². The Morgan fingerprint density at radius 3 is 2.33 bits per heavy atom. The molecule has 132 valence electrons. The van der Waals surface area contributed by atoms with Gasteiger partial charge < -0.3 is 9.80 Å². The lowest BCUT2D eigenvalue weighted by molar-refractivity contribution is -0.137. The van der Waals surface area contributed by atoms with E-state index in [0.29, 0.717) is 26.2 Å². The predicted octanol–water partition coefficient (Wildman–Crippen LogP) is 1.01. The van der Waals surface area contributed by atoms with Crippen LogP contribution in [0.1, 0.15) is 12.8 Å². The number of amides is 1. The summed E-state index contributed by atoms with van der Waals surface area (Å²) in [5, 5.41) is 0. The van der Waals surface area contributed by atoms with Crippen molar-refractivity contribution in [1.29, 1.82) is 0 Å². The molecule has 24 heavy (non-hydrogen) atoms. The smallest absolute Gasteiger partial charge is 0.227 e. The molecule has 1 atom stereocenters. The number of nitrogens with zero attached hydrogens (tertiary/aromatic N) is 3. The van der Waals surface area contributed by atoms with E-state index in [1.807, 2.05) is 23.1 Å². The Morgan fingerprint density at radius 2 is 1.71 bits per heavy atom. The molecule has 7 heteroatoms. The number of benzene rings is 1. The lowest BCUT2D eigenvalue weighted by Crippen LogP contribution is -2.53. The molecule has 2 saturated heterocycles. The minimum absolute atomic E-state index is 0.107. The van der Waals surface area contributed by atoms with Gasteiger partial charge in [0.15, 0.2) is 0 Å². The summed E-state index contributed by atoms with van der Waals surface area (Å²) in [4.78, 5) is 16.9. The summed E-state index contributed by atoms with van der Waals surface area (Å²) in [5.74, 6) is -0.0900. The largest absolute Gasteiger partial charge is 0.368 e. The highest BCUT2D eigenvalue weighted by atomic mass is 32.2. The fourth-order valence-electron chi connectivity index (χ4n) is 3.53. The minimum atomic E-state index is -3.21. The zero-order chi connectivity index (χ0) is 17.2. The van der Waals surface area contributed by atoms with Crippen LogP contribution in [0, 0.1) is 5.92 Å². The SMILES string of the molecule is CS(=O)(=O)N1CCC[C@@H](C(=O)N2CCN(c3ccccc3)CC2)C1. The van der Waals surface area contributed by atoms with Crippen molar-refractivity contribution >= 4 is 21.6 Å². The number of carbonyl (C=O) groups excluding carboxylic acids is 1. The van der Waals surface area contributed by atoms with E-state index >= 15 is 0 Å². The first kappa shape index (κ1) is 17.2. The molecule has 0 bridgehead atoms. The van der Waals surface area contributed by atoms with Gasteiger partial charge in [-0.05, 0) is 25.0 Å². The Morgan fingerprint density at radius 1 is 1.04 bits per heavy atom. The van der Waals surface area contributed by atoms with Crippen molar-refractivity contribution in [3.63, 3.8) is 0 Å². The lowest BCUT2D eigenvalue weighted by Gasteiger charge is -2.39. The third kappa shape index (κ3) is 3.89. The van der Waals surface area contributed by atoms with Crippen molar-refractivity contribution < 1.29 is 13.2 Å². The molecule has 0 saturated carbocycles. The van der Waals surface area contributed by atoms with Gasteiger partial charge in [-0.1, -0.05) is 18.2 Å². The van der Waals surface area contributed by atoms with Gasteiger partial charge in [0.05, 0.1) is 12.2 Å². The summed E-state index contributed by atoms with van der Waals surface area (Å²) in [7, 11) is -3.21. The van der Waals surface area contributed by atoms with Gasteiger partial charge in [0.2, 0.25) is 15.9 Å². The third-order valence-electron chi connectivity index (χ3n) is 4.92. The lowest BCUT2D eigenvalue weighted by atomic mass is 9.97. The molecule has 2 aliphatic heterocycles. The van der Waals surface area contributed by atoms with Gasteiger partial charge in [0, 0.05) is 45.0 Å². The van der Waals surface area contributed by atoms with E-state index in [9.17, 15) is 13.2 Å². The Hall–Kier alpha value is -1.60. The average molecular weight is 351 g/mol. The molecular weight excluding hydrogens is 326 g/mol. The van der Waals surface area contributed by atoms with E-state index in [1.165, 1.54) is 16.2 Å². The first-order valence-electron chi connectivity index (χ1n) is 8.49. The number of anilines is 1. The average Bonchev–Trinajstić information content (AvgIpc) is 2.61. The molecule has 0 unspecified atom stereocenters. The van der Waals surface area contributed by atoms with Gasteiger partial charge in [0.1, 0.15) is 0 Å². The second kappa shape index (κ2) is 7.11. The number of rotatable bonds is 3. The molecule has 2 fully saturated rings. The maximum Gasteiger partial charge on any atom is 0.227 e. The maximum atomic E-state index is 12.8. The summed E-state index contributed by atoms with van der Waals surface area (Å²) < 4.78 is 24.9. The Balaban J connectivity index is 1.57. The zero-order valence-electron chi connectivity index (χ0n) is 14.1. The highest BCUT2D eigenvalue weighted by molar-refractivity contribution is 7.88. The zero-order valence-corrected chi connectivity index (χ0v) is 14.9. The monoisotopic (exact) mass is 351 g/mol. The first-order chi connectivity index (χ1) is 11.4. The number of para-hydroxylation sites is 1. The van der Waals surface area contributed by atoms with Crippen LogP contribution in [-0.2, 0) is 14.8 Å². The van der Waals surface area contributed by atoms with Crippen LogP contribution in [0.4, 0.5) is 5.69 Å². The number of hydrogen-bond donors (Lipinski definition) is 0. The molecule has 1 aromatic rings. The number of carbonyl (C=O) groups is 1. The minimum Gasteiger partial charge on any atom is -0.368 e. The van der Waals surface area contributed by atoms with Crippen LogP contribution >= 0.6 is 0 Å². The molecule has 0 spiro atoms. The van der Waals surface area contributed by atoms with Crippen LogP contribution in [0.15, 0.2) is 30.3 Å². The summed E-state index contributed by atoms with van der Waals surface area (Å²) >= 11 is 0. The molecule has 6 nitrogen and oxygen atoms in total. The topological polar surface area (TPSA) is 60.9 Å². The predicted molar refractivity (Wildman–Crippen MR) is 94.4 cm³/mol. The fraction of sp³-hybridized carbons (Fsp3) is 0.588. The van der Waals surface area contributed by atoms with Gasteiger partial charge >= 0.3 is 0 Å². The van der Waals surface area contributed by atoms with E-state index in [-0.39, 0.29) is 11.8 Å². The molecule has 0 aromatic heterocycles. The molecule has 0 radical (unpaired) electrons. The van der Waals surface area contributed by atoms with Crippen molar-refractivity contribution in [3.8, 4) is 0 Å². The Bertz CT molecular complexity index is 670. The van der Waals surface area contributed by atoms with Crippen LogP contribution < -0.4 is 4.90 Å². The maximum absolute atomic E-state index is 12.8. The summed E-state index contributed by atoms with van der Waals surface area (Å²) in [6.45, 7) is 3.89. The Kier molecular flexibility index (Phi) is 5.10. The highest BCUT2D eigenvalue weighted by Gasteiger charge is 2.33. The first-order valence-corrected chi connectivity index (χ1v) is 10.3. The number of sulfonamides is 1. The standard InChI is InChI=1S/C17H25N3O3S/c1-24(22,23)20-9-5-6-15(14-20)17(21)19-12-10-18(11-13-19)16-7-3-2-4-8-16/h2-4,7-8,15H,5-6,9-14H2,1H3/t15-/m1/s1. The molecule has 1 amide bonds. The van der Waals surface area contributed by atoms with E-state index < -0.39 is 10.0 Å². The van der Waals surface area contributed by atoms with Crippen molar-refractivity contribution in [2.75, 3.05) is 50.4 Å². The molecule has 1 aromatic carbocycles. The molecular formula is C17H25N3O3S. The molecule has 3 rings (SSSR count). The quantitative estimate of drug-likeness (QED) is 0.815. The summed E-state index contributed by atoms with van der Waals surface area (Å²) in [6, 6.07) is 10.2.